The highest BCUT2D eigenvalue weighted by Crippen LogP contribution is 2.31. The summed E-state index contributed by atoms with van der Waals surface area (Å²) in [7, 11) is 1.65. The molecule has 3 aromatic carbocycles. The predicted octanol–water partition coefficient (Wildman–Crippen LogP) is 6.35. The summed E-state index contributed by atoms with van der Waals surface area (Å²) in [4.78, 5) is 13.4. The number of anilines is 1. The van der Waals surface area contributed by atoms with Crippen molar-refractivity contribution in [2.45, 2.75) is 6.92 Å². The van der Waals surface area contributed by atoms with Gasteiger partial charge in [-0.2, -0.15) is 10.1 Å². The first-order chi connectivity index (χ1) is 15.1. The van der Waals surface area contributed by atoms with E-state index in [1.165, 1.54) is 5.01 Å². The molecule has 1 aliphatic rings. The summed E-state index contributed by atoms with van der Waals surface area (Å²) in [6.45, 7) is 1.87. The van der Waals surface area contributed by atoms with E-state index in [4.69, 9.17) is 4.74 Å². The number of carbonyl (C=O) groups excluding carboxylic acids is 1. The van der Waals surface area contributed by atoms with Gasteiger partial charge >= 0.3 is 0 Å². The molecule has 0 bridgehead atoms. The molecule has 5 heteroatoms. The lowest BCUT2D eigenvalue weighted by atomic mass is 9.96. The zero-order valence-corrected chi connectivity index (χ0v) is 18.8. The van der Waals surface area contributed by atoms with Crippen LogP contribution >= 0.6 is 15.9 Å². The number of methoxy groups -OCH3 is 1. The molecule has 4 rings (SSSR count). The van der Waals surface area contributed by atoms with Gasteiger partial charge in [0, 0.05) is 4.47 Å². The van der Waals surface area contributed by atoms with E-state index in [1.54, 1.807) is 7.11 Å². The minimum atomic E-state index is -0.138. The minimum Gasteiger partial charge on any atom is -0.497 e. The molecule has 31 heavy (non-hydrogen) atoms. The number of rotatable bonds is 5. The third-order valence-electron chi connectivity index (χ3n) is 5.00. The summed E-state index contributed by atoms with van der Waals surface area (Å²) in [5.74, 6) is 0.664. The van der Waals surface area contributed by atoms with Gasteiger partial charge in [0.15, 0.2) is 0 Å². The number of para-hydroxylation sites is 1. The van der Waals surface area contributed by atoms with Crippen molar-refractivity contribution in [2.75, 3.05) is 12.1 Å². The molecular formula is C26H21BrN2O2. The van der Waals surface area contributed by atoms with Gasteiger partial charge < -0.3 is 4.74 Å². The Kier molecular flexibility index (Phi) is 6.14. The Bertz CT molecular complexity index is 1180. The molecule has 1 aliphatic heterocycles. The third-order valence-corrected chi connectivity index (χ3v) is 5.53. The van der Waals surface area contributed by atoms with Crippen LogP contribution in [0.1, 0.15) is 18.1 Å². The van der Waals surface area contributed by atoms with Gasteiger partial charge in [-0.15, -0.1) is 0 Å². The van der Waals surface area contributed by atoms with Crippen molar-refractivity contribution >= 4 is 44.9 Å². The summed E-state index contributed by atoms with van der Waals surface area (Å²) in [5.41, 5.74) is 4.81. The van der Waals surface area contributed by atoms with Gasteiger partial charge in [0.2, 0.25) is 0 Å². The van der Waals surface area contributed by atoms with Gasteiger partial charge in [-0.05, 0) is 60.0 Å². The summed E-state index contributed by atoms with van der Waals surface area (Å²) >= 11 is 3.49. The molecule has 4 nitrogen and oxygen atoms in total. The number of hydrazone groups is 1. The first kappa shape index (κ1) is 20.8. The van der Waals surface area contributed by atoms with Gasteiger partial charge in [0.25, 0.3) is 5.91 Å². The Labute approximate surface area is 190 Å². The van der Waals surface area contributed by atoms with Gasteiger partial charge in [-0.1, -0.05) is 70.5 Å². The number of benzene rings is 3. The highest BCUT2D eigenvalue weighted by atomic mass is 79.9. The maximum atomic E-state index is 13.4. The molecule has 3 aromatic rings. The quantitative estimate of drug-likeness (QED) is 0.406. The number of carbonyl (C=O) groups is 1. The minimum absolute atomic E-state index is 0.138. The van der Waals surface area contributed by atoms with E-state index >= 15 is 0 Å². The van der Waals surface area contributed by atoms with Crippen LogP contribution in [-0.2, 0) is 4.79 Å². The molecule has 0 unspecified atom stereocenters. The molecule has 1 amide bonds. The summed E-state index contributed by atoms with van der Waals surface area (Å²) in [6, 6.07) is 25.2. The SMILES string of the molecule is COc1ccc(/C=C\C(=C2/C(=O)N(c3ccccc3)N=C2C)c2ccc(Br)cc2)cc1. The van der Waals surface area contributed by atoms with E-state index in [9.17, 15) is 4.79 Å². The zero-order valence-electron chi connectivity index (χ0n) is 17.2. The number of amides is 1. The fourth-order valence-corrected chi connectivity index (χ4v) is 3.67. The normalized spacial score (nSPS) is 15.4. The van der Waals surface area contributed by atoms with Crippen LogP contribution in [0.15, 0.2) is 100 Å². The predicted molar refractivity (Wildman–Crippen MR) is 130 cm³/mol. The number of halogens is 1. The summed E-state index contributed by atoms with van der Waals surface area (Å²) in [5, 5.41) is 6.01. The molecule has 0 saturated carbocycles. The lowest BCUT2D eigenvalue weighted by molar-refractivity contribution is -0.114. The van der Waals surface area contributed by atoms with Crippen LogP contribution in [0.4, 0.5) is 5.69 Å². The van der Waals surface area contributed by atoms with Gasteiger partial charge in [-0.3, -0.25) is 4.79 Å². The third kappa shape index (κ3) is 4.52. The molecule has 0 radical (unpaired) electrons. The number of nitrogens with zero attached hydrogens (tertiary/aromatic N) is 2. The molecule has 0 fully saturated rings. The molecule has 0 aliphatic carbocycles. The Morgan fingerprint density at radius 1 is 0.968 bits per heavy atom. The van der Waals surface area contributed by atoms with Crippen molar-refractivity contribution in [1.82, 2.24) is 0 Å². The summed E-state index contributed by atoms with van der Waals surface area (Å²) < 4.78 is 6.22. The largest absolute Gasteiger partial charge is 0.497 e. The smallest absolute Gasteiger partial charge is 0.281 e. The van der Waals surface area contributed by atoms with Crippen molar-refractivity contribution in [3.63, 3.8) is 0 Å². The van der Waals surface area contributed by atoms with Crippen LogP contribution < -0.4 is 9.75 Å². The van der Waals surface area contributed by atoms with E-state index in [2.05, 4.69) is 21.0 Å². The van der Waals surface area contributed by atoms with Crippen LogP contribution in [0, 0.1) is 0 Å². The standard InChI is InChI=1S/C26H21BrN2O2/c1-18-25(26(30)29(28-18)22-6-4-3-5-7-22)24(20-11-13-21(27)14-12-20)17-10-19-8-15-23(31-2)16-9-19/h3-17H,1-2H3/b17-10-,25-24+. The lowest BCUT2D eigenvalue weighted by Crippen LogP contribution is -2.21. The first-order valence-electron chi connectivity index (χ1n) is 9.84. The molecule has 0 N–H and O–H groups in total. The highest BCUT2D eigenvalue weighted by Gasteiger charge is 2.31. The van der Waals surface area contributed by atoms with Crippen molar-refractivity contribution in [3.05, 3.63) is 106 Å². The van der Waals surface area contributed by atoms with E-state index in [0.29, 0.717) is 11.3 Å². The van der Waals surface area contributed by atoms with Crippen LogP contribution in [-0.4, -0.2) is 18.7 Å². The Balaban J connectivity index is 1.79. The molecule has 0 aromatic heterocycles. The molecule has 0 spiro atoms. The summed E-state index contributed by atoms with van der Waals surface area (Å²) in [6.07, 6.45) is 3.97. The second-order valence-electron chi connectivity index (χ2n) is 7.04. The molecule has 1 heterocycles. The topological polar surface area (TPSA) is 41.9 Å². The van der Waals surface area contributed by atoms with Gasteiger partial charge in [-0.25, -0.2) is 0 Å². The second-order valence-corrected chi connectivity index (χ2v) is 7.96. The van der Waals surface area contributed by atoms with Crippen LogP contribution in [0.5, 0.6) is 5.75 Å². The van der Waals surface area contributed by atoms with Crippen molar-refractivity contribution in [3.8, 4) is 5.75 Å². The van der Waals surface area contributed by atoms with E-state index in [1.807, 2.05) is 97.9 Å². The van der Waals surface area contributed by atoms with Gasteiger partial charge in [0.1, 0.15) is 5.75 Å². The number of hydrogen-bond acceptors (Lipinski definition) is 3. The van der Waals surface area contributed by atoms with Crippen molar-refractivity contribution in [1.29, 1.82) is 0 Å². The molecule has 0 saturated heterocycles. The fraction of sp³-hybridized carbons (Fsp3) is 0.0769. The average Bonchev–Trinajstić information content (AvgIpc) is 3.10. The number of hydrogen-bond donors (Lipinski definition) is 0. The lowest BCUT2D eigenvalue weighted by Gasteiger charge is -2.13. The van der Waals surface area contributed by atoms with Crippen LogP contribution in [0.2, 0.25) is 0 Å². The Morgan fingerprint density at radius 3 is 2.29 bits per heavy atom. The average molecular weight is 473 g/mol. The van der Waals surface area contributed by atoms with E-state index < -0.39 is 0 Å². The molecule has 0 atom stereocenters. The highest BCUT2D eigenvalue weighted by molar-refractivity contribution is 9.10. The Hall–Kier alpha value is -3.44. The van der Waals surface area contributed by atoms with Crippen LogP contribution in [0.25, 0.3) is 11.6 Å². The maximum absolute atomic E-state index is 13.4. The molecular weight excluding hydrogens is 452 g/mol. The first-order valence-corrected chi connectivity index (χ1v) is 10.6. The molecule has 154 valence electrons. The Morgan fingerprint density at radius 2 is 1.65 bits per heavy atom. The fourth-order valence-electron chi connectivity index (χ4n) is 3.41. The van der Waals surface area contributed by atoms with Crippen molar-refractivity contribution < 1.29 is 9.53 Å². The monoisotopic (exact) mass is 472 g/mol. The second kappa shape index (κ2) is 9.14. The van der Waals surface area contributed by atoms with Crippen LogP contribution in [0.3, 0.4) is 0 Å². The van der Waals surface area contributed by atoms with E-state index in [0.717, 1.165) is 32.6 Å². The zero-order chi connectivity index (χ0) is 21.8. The number of ether oxygens (including phenoxy) is 1. The number of allylic oxidation sites excluding steroid dienone is 2. The van der Waals surface area contributed by atoms with Crippen molar-refractivity contribution in [2.24, 2.45) is 5.10 Å². The maximum Gasteiger partial charge on any atom is 0.281 e. The van der Waals surface area contributed by atoms with Gasteiger partial charge in [0.05, 0.1) is 24.1 Å². The van der Waals surface area contributed by atoms with E-state index in [-0.39, 0.29) is 5.91 Å².